The number of piperidine rings is 1. The van der Waals surface area contributed by atoms with Gasteiger partial charge in [0.1, 0.15) is 0 Å². The van der Waals surface area contributed by atoms with Crippen molar-refractivity contribution in [1.29, 1.82) is 0 Å². The quantitative estimate of drug-likeness (QED) is 0.890. The number of hydrogen-bond acceptors (Lipinski definition) is 2. The predicted molar refractivity (Wildman–Crippen MR) is 91.2 cm³/mol. The SMILES string of the molecule is Cc1cccc(NC(=O)CC(C)C2CCCNC2)c1C.Cl. The summed E-state index contributed by atoms with van der Waals surface area (Å²) in [4.78, 5) is 12.2. The summed E-state index contributed by atoms with van der Waals surface area (Å²) < 4.78 is 0. The van der Waals surface area contributed by atoms with Crippen LogP contribution >= 0.6 is 12.4 Å². The minimum Gasteiger partial charge on any atom is -0.326 e. The van der Waals surface area contributed by atoms with Gasteiger partial charge < -0.3 is 10.6 Å². The molecule has 1 aromatic carbocycles. The van der Waals surface area contributed by atoms with E-state index in [0.29, 0.717) is 18.3 Å². The van der Waals surface area contributed by atoms with Gasteiger partial charge in [-0.05, 0) is 68.8 Å². The maximum absolute atomic E-state index is 12.2. The summed E-state index contributed by atoms with van der Waals surface area (Å²) in [6.07, 6.45) is 3.08. The van der Waals surface area contributed by atoms with E-state index in [0.717, 1.165) is 24.3 Å². The predicted octanol–water partition coefficient (Wildman–Crippen LogP) is 3.69. The molecule has 0 bridgehead atoms. The topological polar surface area (TPSA) is 41.1 Å². The number of benzene rings is 1. The van der Waals surface area contributed by atoms with Crippen LogP contribution in [0.2, 0.25) is 0 Å². The van der Waals surface area contributed by atoms with Crippen LogP contribution < -0.4 is 10.6 Å². The van der Waals surface area contributed by atoms with E-state index in [-0.39, 0.29) is 18.3 Å². The number of carbonyl (C=O) groups excluding carboxylic acids is 1. The molecule has 0 aromatic heterocycles. The van der Waals surface area contributed by atoms with E-state index in [2.05, 4.69) is 37.5 Å². The van der Waals surface area contributed by atoms with Crippen molar-refractivity contribution in [2.24, 2.45) is 11.8 Å². The second-order valence-electron chi connectivity index (χ2n) is 6.08. The zero-order chi connectivity index (χ0) is 14.5. The number of rotatable bonds is 4. The number of anilines is 1. The molecular weight excluding hydrogens is 284 g/mol. The minimum atomic E-state index is 0. The van der Waals surface area contributed by atoms with E-state index in [1.165, 1.54) is 18.4 Å². The monoisotopic (exact) mass is 310 g/mol. The van der Waals surface area contributed by atoms with Gasteiger partial charge in [0.15, 0.2) is 0 Å². The molecule has 2 rings (SSSR count). The summed E-state index contributed by atoms with van der Waals surface area (Å²) in [5.41, 5.74) is 3.32. The van der Waals surface area contributed by atoms with Gasteiger partial charge in [-0.1, -0.05) is 19.1 Å². The van der Waals surface area contributed by atoms with Crippen molar-refractivity contribution in [3.63, 3.8) is 0 Å². The van der Waals surface area contributed by atoms with E-state index in [4.69, 9.17) is 0 Å². The minimum absolute atomic E-state index is 0. The molecule has 2 N–H and O–H groups in total. The Morgan fingerprint density at radius 2 is 2.19 bits per heavy atom. The standard InChI is InChI=1S/C17H26N2O.ClH/c1-12-6-4-8-16(14(12)3)19-17(20)10-13(2)15-7-5-9-18-11-15;/h4,6,8,13,15,18H,5,7,9-11H2,1-3H3,(H,19,20);1H. The molecule has 2 unspecified atom stereocenters. The fraction of sp³-hybridized carbons (Fsp3) is 0.588. The highest BCUT2D eigenvalue weighted by molar-refractivity contribution is 5.91. The Balaban J connectivity index is 0.00000220. The molecule has 2 atom stereocenters. The molecule has 4 heteroatoms. The van der Waals surface area contributed by atoms with Gasteiger partial charge in [0.2, 0.25) is 5.91 Å². The fourth-order valence-corrected chi connectivity index (χ4v) is 2.91. The number of nitrogens with one attached hydrogen (secondary N) is 2. The van der Waals surface area contributed by atoms with Crippen LogP contribution in [-0.4, -0.2) is 19.0 Å². The summed E-state index contributed by atoms with van der Waals surface area (Å²) >= 11 is 0. The smallest absolute Gasteiger partial charge is 0.224 e. The van der Waals surface area contributed by atoms with E-state index in [9.17, 15) is 4.79 Å². The molecule has 1 heterocycles. The molecular formula is C17H27ClN2O. The Morgan fingerprint density at radius 3 is 2.86 bits per heavy atom. The summed E-state index contributed by atoms with van der Waals surface area (Å²) in [7, 11) is 0. The molecule has 1 amide bonds. The first-order valence-corrected chi connectivity index (χ1v) is 7.64. The third-order valence-electron chi connectivity index (χ3n) is 4.53. The second kappa shape index (κ2) is 8.40. The normalized spacial score (nSPS) is 19.5. The Kier molecular flexibility index (Phi) is 7.20. The van der Waals surface area contributed by atoms with Crippen LogP contribution in [0.5, 0.6) is 0 Å². The van der Waals surface area contributed by atoms with Gasteiger partial charge in [0.25, 0.3) is 0 Å². The third-order valence-corrected chi connectivity index (χ3v) is 4.53. The van der Waals surface area contributed by atoms with Gasteiger partial charge >= 0.3 is 0 Å². The molecule has 1 saturated heterocycles. The van der Waals surface area contributed by atoms with Crippen molar-refractivity contribution < 1.29 is 4.79 Å². The van der Waals surface area contributed by atoms with Crippen LogP contribution in [-0.2, 0) is 4.79 Å². The van der Waals surface area contributed by atoms with Crippen LogP contribution in [0.25, 0.3) is 0 Å². The zero-order valence-corrected chi connectivity index (χ0v) is 14.1. The molecule has 1 fully saturated rings. The molecule has 0 saturated carbocycles. The zero-order valence-electron chi connectivity index (χ0n) is 13.2. The lowest BCUT2D eigenvalue weighted by molar-refractivity contribution is -0.117. The summed E-state index contributed by atoms with van der Waals surface area (Å²) in [5, 5.41) is 6.49. The molecule has 1 aliphatic rings. The van der Waals surface area contributed by atoms with Gasteiger partial charge in [-0.25, -0.2) is 0 Å². The van der Waals surface area contributed by atoms with E-state index < -0.39 is 0 Å². The summed E-state index contributed by atoms with van der Waals surface area (Å²) in [5.74, 6) is 1.21. The van der Waals surface area contributed by atoms with E-state index in [1.54, 1.807) is 0 Å². The lowest BCUT2D eigenvalue weighted by atomic mass is 9.85. The first-order valence-electron chi connectivity index (χ1n) is 7.64. The molecule has 0 spiro atoms. The third kappa shape index (κ3) is 5.01. The number of carbonyl (C=O) groups is 1. The van der Waals surface area contributed by atoms with Gasteiger partial charge in [0.05, 0.1) is 0 Å². The van der Waals surface area contributed by atoms with Crippen molar-refractivity contribution in [1.82, 2.24) is 5.32 Å². The number of aryl methyl sites for hydroxylation is 1. The molecule has 0 radical (unpaired) electrons. The molecule has 1 aliphatic heterocycles. The van der Waals surface area contributed by atoms with Crippen molar-refractivity contribution in [2.45, 2.75) is 40.0 Å². The highest BCUT2D eigenvalue weighted by atomic mass is 35.5. The average molecular weight is 311 g/mol. The Bertz CT molecular complexity index is 470. The Labute approximate surface area is 134 Å². The summed E-state index contributed by atoms with van der Waals surface area (Å²) in [6.45, 7) is 8.50. The van der Waals surface area contributed by atoms with Crippen LogP contribution in [0, 0.1) is 25.7 Å². The molecule has 3 nitrogen and oxygen atoms in total. The number of hydrogen-bond donors (Lipinski definition) is 2. The number of halogens is 1. The van der Waals surface area contributed by atoms with Gasteiger partial charge in [-0.15, -0.1) is 12.4 Å². The molecule has 21 heavy (non-hydrogen) atoms. The molecule has 118 valence electrons. The van der Waals surface area contributed by atoms with Crippen molar-refractivity contribution in [3.8, 4) is 0 Å². The second-order valence-corrected chi connectivity index (χ2v) is 6.08. The Morgan fingerprint density at radius 1 is 1.43 bits per heavy atom. The lowest BCUT2D eigenvalue weighted by Crippen LogP contribution is -2.34. The van der Waals surface area contributed by atoms with Gasteiger partial charge in [-0.3, -0.25) is 4.79 Å². The molecule has 0 aliphatic carbocycles. The van der Waals surface area contributed by atoms with Crippen LogP contribution in [0.1, 0.15) is 37.3 Å². The summed E-state index contributed by atoms with van der Waals surface area (Å²) in [6, 6.07) is 6.04. The lowest BCUT2D eigenvalue weighted by Gasteiger charge is -2.28. The first-order chi connectivity index (χ1) is 9.58. The number of amides is 1. The highest BCUT2D eigenvalue weighted by Gasteiger charge is 2.22. The average Bonchev–Trinajstić information content (AvgIpc) is 2.45. The van der Waals surface area contributed by atoms with Crippen LogP contribution in [0.4, 0.5) is 5.69 Å². The van der Waals surface area contributed by atoms with E-state index >= 15 is 0 Å². The maximum atomic E-state index is 12.2. The van der Waals surface area contributed by atoms with Crippen molar-refractivity contribution >= 4 is 24.0 Å². The van der Waals surface area contributed by atoms with E-state index in [1.807, 2.05) is 12.1 Å². The van der Waals surface area contributed by atoms with Crippen molar-refractivity contribution in [2.75, 3.05) is 18.4 Å². The molecule has 1 aromatic rings. The fourth-order valence-electron chi connectivity index (χ4n) is 2.91. The van der Waals surface area contributed by atoms with Gasteiger partial charge in [-0.2, -0.15) is 0 Å². The maximum Gasteiger partial charge on any atom is 0.224 e. The first kappa shape index (κ1) is 18.0. The largest absolute Gasteiger partial charge is 0.326 e. The highest BCUT2D eigenvalue weighted by Crippen LogP contribution is 2.24. The van der Waals surface area contributed by atoms with Crippen molar-refractivity contribution in [3.05, 3.63) is 29.3 Å². The Hall–Kier alpha value is -1.06. The van der Waals surface area contributed by atoms with Gasteiger partial charge in [0, 0.05) is 12.1 Å². The van der Waals surface area contributed by atoms with Crippen LogP contribution in [0.15, 0.2) is 18.2 Å². The van der Waals surface area contributed by atoms with Crippen LogP contribution in [0.3, 0.4) is 0 Å².